The van der Waals surface area contributed by atoms with Crippen LogP contribution in [0.1, 0.15) is 16.4 Å². The zero-order chi connectivity index (χ0) is 18.0. The fourth-order valence-corrected chi connectivity index (χ4v) is 7.15. The predicted octanol–water partition coefficient (Wildman–Crippen LogP) is 3.38. The van der Waals surface area contributed by atoms with E-state index in [0.717, 1.165) is 11.3 Å². The van der Waals surface area contributed by atoms with Crippen molar-refractivity contribution in [1.82, 2.24) is 0 Å². The summed E-state index contributed by atoms with van der Waals surface area (Å²) in [6.45, 7) is 0.942. The normalized spacial score (nSPS) is 27.5. The maximum atomic E-state index is 12.7. The average molecular weight is 388 g/mol. The first kappa shape index (κ1) is 17.9. The fourth-order valence-electron chi connectivity index (χ4n) is 3.54. The van der Waals surface area contributed by atoms with E-state index in [1.54, 1.807) is 23.5 Å². The minimum Gasteiger partial charge on any atom is -0.368 e. The van der Waals surface area contributed by atoms with Crippen molar-refractivity contribution < 1.29 is 14.3 Å². The second-order valence-electron chi connectivity index (χ2n) is 6.42. The Labute approximate surface area is 161 Å². The average Bonchev–Trinajstić information content (AvgIpc) is 3.32. The Morgan fingerprint density at radius 1 is 1.04 bits per heavy atom. The molecular formula is C20H21NO3S2. The number of thioether (sulfide) groups is 2. The highest BCUT2D eigenvalue weighted by atomic mass is 32.2. The summed E-state index contributed by atoms with van der Waals surface area (Å²) >= 11 is 3.13. The second kappa shape index (κ2) is 7.27. The summed E-state index contributed by atoms with van der Waals surface area (Å²) in [5.74, 6) is -0.635. The van der Waals surface area contributed by atoms with E-state index in [2.05, 4.69) is 12.1 Å². The SMILES string of the molecule is NC(=O)[C@@]1(C2(Cc3ccccc3)OCCO2)SCC(c2ccccc2)S1. The van der Waals surface area contributed by atoms with Crippen LogP contribution in [0.4, 0.5) is 0 Å². The Bertz CT molecular complexity index is 765. The lowest BCUT2D eigenvalue weighted by Crippen LogP contribution is -2.58. The van der Waals surface area contributed by atoms with Crippen molar-refractivity contribution in [3.05, 3.63) is 71.8 Å². The van der Waals surface area contributed by atoms with Crippen molar-refractivity contribution >= 4 is 29.4 Å². The van der Waals surface area contributed by atoms with E-state index in [1.165, 1.54) is 5.56 Å². The molecule has 1 unspecified atom stereocenters. The molecule has 0 aliphatic carbocycles. The van der Waals surface area contributed by atoms with Crippen molar-refractivity contribution in [2.24, 2.45) is 5.73 Å². The fraction of sp³-hybridized carbons (Fsp3) is 0.350. The summed E-state index contributed by atoms with van der Waals surface area (Å²) in [5.41, 5.74) is 8.22. The van der Waals surface area contributed by atoms with Gasteiger partial charge < -0.3 is 15.2 Å². The van der Waals surface area contributed by atoms with Gasteiger partial charge in [-0.05, 0) is 11.1 Å². The molecule has 4 rings (SSSR count). The lowest BCUT2D eigenvalue weighted by molar-refractivity contribution is -0.169. The molecule has 6 heteroatoms. The number of hydrogen-bond donors (Lipinski definition) is 1. The van der Waals surface area contributed by atoms with Gasteiger partial charge in [-0.25, -0.2) is 0 Å². The van der Waals surface area contributed by atoms with Crippen LogP contribution in [-0.4, -0.2) is 34.7 Å². The second-order valence-corrected chi connectivity index (χ2v) is 9.33. The Kier molecular flexibility index (Phi) is 5.01. The van der Waals surface area contributed by atoms with Crippen molar-refractivity contribution in [2.75, 3.05) is 19.0 Å². The summed E-state index contributed by atoms with van der Waals surface area (Å²) in [7, 11) is 0. The molecule has 2 aromatic rings. The molecular weight excluding hydrogens is 366 g/mol. The van der Waals surface area contributed by atoms with E-state index in [4.69, 9.17) is 15.2 Å². The number of amides is 1. The van der Waals surface area contributed by atoms with Crippen LogP contribution in [0.15, 0.2) is 60.7 Å². The minimum absolute atomic E-state index is 0.175. The largest absolute Gasteiger partial charge is 0.368 e. The standard InChI is InChI=1S/C20H21NO3S2/c21-18(22)20(25-14-17(26-20)16-9-5-2-6-10-16)19(23-11-12-24-19)13-15-7-3-1-4-8-15/h1-10,17H,11-14H2,(H2,21,22)/t17?,20-/m1/s1. The molecule has 1 amide bonds. The van der Waals surface area contributed by atoms with Crippen LogP contribution < -0.4 is 5.73 Å². The number of nitrogens with two attached hydrogens (primary N) is 1. The van der Waals surface area contributed by atoms with Gasteiger partial charge in [0.05, 0.1) is 13.2 Å². The van der Waals surface area contributed by atoms with Crippen LogP contribution in [0, 0.1) is 0 Å². The molecule has 2 aliphatic rings. The third-order valence-corrected chi connectivity index (χ3v) is 8.62. The molecule has 0 aromatic heterocycles. The van der Waals surface area contributed by atoms with Crippen LogP contribution >= 0.6 is 23.5 Å². The number of carbonyl (C=O) groups is 1. The van der Waals surface area contributed by atoms with Gasteiger partial charge >= 0.3 is 0 Å². The van der Waals surface area contributed by atoms with Gasteiger partial charge in [0, 0.05) is 17.4 Å². The summed E-state index contributed by atoms with van der Waals surface area (Å²) in [6.07, 6.45) is 0.498. The molecule has 2 atom stereocenters. The first-order chi connectivity index (χ1) is 12.7. The Balaban J connectivity index is 1.69. The Morgan fingerprint density at radius 2 is 1.65 bits per heavy atom. The minimum atomic E-state index is -1.04. The first-order valence-electron chi connectivity index (χ1n) is 8.64. The highest BCUT2D eigenvalue weighted by molar-refractivity contribution is 8.22. The lowest BCUT2D eigenvalue weighted by Gasteiger charge is -2.41. The summed E-state index contributed by atoms with van der Waals surface area (Å²) < 4.78 is 11.3. The van der Waals surface area contributed by atoms with E-state index < -0.39 is 9.87 Å². The summed E-state index contributed by atoms with van der Waals surface area (Å²) in [4.78, 5) is 12.7. The van der Waals surface area contributed by atoms with E-state index in [9.17, 15) is 4.79 Å². The molecule has 0 bridgehead atoms. The third-order valence-electron chi connectivity index (χ3n) is 4.78. The summed E-state index contributed by atoms with van der Waals surface area (Å²) in [5, 5.41) is 0.175. The number of ether oxygens (including phenoxy) is 2. The molecule has 26 heavy (non-hydrogen) atoms. The van der Waals surface area contributed by atoms with Gasteiger partial charge in [-0.2, -0.15) is 0 Å². The molecule has 2 fully saturated rings. The van der Waals surface area contributed by atoms with E-state index in [0.29, 0.717) is 19.6 Å². The van der Waals surface area contributed by atoms with Gasteiger partial charge in [-0.3, -0.25) is 4.79 Å². The quantitative estimate of drug-likeness (QED) is 0.852. The van der Waals surface area contributed by atoms with Gasteiger partial charge in [-0.15, -0.1) is 23.5 Å². The molecule has 2 N–H and O–H groups in total. The molecule has 4 nitrogen and oxygen atoms in total. The molecule has 2 heterocycles. The predicted molar refractivity (Wildman–Crippen MR) is 106 cm³/mol. The molecule has 136 valence electrons. The maximum Gasteiger partial charge on any atom is 0.249 e. The highest BCUT2D eigenvalue weighted by Gasteiger charge is 2.64. The third kappa shape index (κ3) is 3.05. The van der Waals surface area contributed by atoms with Crippen LogP contribution in [0.25, 0.3) is 0 Å². The Morgan fingerprint density at radius 3 is 2.27 bits per heavy atom. The summed E-state index contributed by atoms with van der Waals surface area (Å²) in [6, 6.07) is 20.2. The highest BCUT2D eigenvalue weighted by Crippen LogP contribution is 2.61. The zero-order valence-corrected chi connectivity index (χ0v) is 15.9. The molecule has 2 saturated heterocycles. The topological polar surface area (TPSA) is 61.6 Å². The van der Waals surface area contributed by atoms with E-state index >= 15 is 0 Å². The van der Waals surface area contributed by atoms with Crippen LogP contribution in [0.2, 0.25) is 0 Å². The van der Waals surface area contributed by atoms with Crippen molar-refractivity contribution in [3.63, 3.8) is 0 Å². The van der Waals surface area contributed by atoms with Crippen LogP contribution in [0.5, 0.6) is 0 Å². The monoisotopic (exact) mass is 387 g/mol. The van der Waals surface area contributed by atoms with Gasteiger partial charge in [-0.1, -0.05) is 60.7 Å². The van der Waals surface area contributed by atoms with Gasteiger partial charge in [0.1, 0.15) is 0 Å². The maximum absolute atomic E-state index is 12.7. The van der Waals surface area contributed by atoms with Gasteiger partial charge in [0.25, 0.3) is 0 Å². The number of carbonyl (C=O) groups excluding carboxylic acids is 1. The van der Waals surface area contributed by atoms with Crippen molar-refractivity contribution in [1.29, 1.82) is 0 Å². The van der Waals surface area contributed by atoms with Crippen LogP contribution in [0.3, 0.4) is 0 Å². The molecule has 2 aromatic carbocycles. The molecule has 0 spiro atoms. The number of benzene rings is 2. The number of primary amides is 1. The smallest absolute Gasteiger partial charge is 0.249 e. The van der Waals surface area contributed by atoms with Crippen LogP contribution in [-0.2, 0) is 20.7 Å². The molecule has 0 saturated carbocycles. The van der Waals surface area contributed by atoms with E-state index in [1.807, 2.05) is 48.5 Å². The lowest BCUT2D eigenvalue weighted by atomic mass is 10.0. The van der Waals surface area contributed by atoms with Gasteiger partial charge in [0.2, 0.25) is 11.7 Å². The first-order valence-corrected chi connectivity index (χ1v) is 10.5. The van der Waals surface area contributed by atoms with Crippen molar-refractivity contribution in [3.8, 4) is 0 Å². The van der Waals surface area contributed by atoms with Crippen molar-refractivity contribution in [2.45, 2.75) is 21.5 Å². The van der Waals surface area contributed by atoms with E-state index in [-0.39, 0.29) is 11.2 Å². The number of hydrogen-bond acceptors (Lipinski definition) is 5. The Hall–Kier alpha value is -1.47. The van der Waals surface area contributed by atoms with Gasteiger partial charge in [0.15, 0.2) is 4.08 Å². The number of rotatable bonds is 5. The molecule has 0 radical (unpaired) electrons. The molecule has 2 aliphatic heterocycles. The zero-order valence-electron chi connectivity index (χ0n) is 14.3.